The van der Waals surface area contributed by atoms with Crippen molar-refractivity contribution in [3.8, 4) is 0 Å². The molecular formula is C36H37N3O5. The quantitative estimate of drug-likeness (QED) is 0.252. The standard InChI is InChI=1S/C36H37N3O5/c1-3-37(26(2)36(44,29-20-12-6-13-21-29)30-22-14-7-15-23-30)33(40)31-32(34(41)42)39(25-28-18-10-5-11-19-28)35(43)38(31)24-27-16-8-4-9-17-27/h4-23,26,31-32,44H,3,24-25H2,1-2H3,(H,41,42)/t26?,31-,32+/m0/s1. The van der Waals surface area contributed by atoms with Gasteiger partial charge in [-0.15, -0.1) is 0 Å². The first-order chi connectivity index (χ1) is 21.3. The Morgan fingerprint density at radius 1 is 0.727 bits per heavy atom. The van der Waals surface area contributed by atoms with Crippen LogP contribution in [-0.4, -0.2) is 67.5 Å². The summed E-state index contributed by atoms with van der Waals surface area (Å²) in [6.45, 7) is 3.82. The summed E-state index contributed by atoms with van der Waals surface area (Å²) >= 11 is 0. The van der Waals surface area contributed by atoms with Gasteiger partial charge in [0.25, 0.3) is 0 Å². The van der Waals surface area contributed by atoms with Gasteiger partial charge in [-0.25, -0.2) is 9.59 Å². The molecular weight excluding hydrogens is 554 g/mol. The van der Waals surface area contributed by atoms with Gasteiger partial charge in [-0.2, -0.15) is 0 Å². The van der Waals surface area contributed by atoms with E-state index in [4.69, 9.17) is 0 Å². The zero-order valence-electron chi connectivity index (χ0n) is 24.9. The molecule has 8 nitrogen and oxygen atoms in total. The van der Waals surface area contributed by atoms with Crippen LogP contribution in [0.4, 0.5) is 4.79 Å². The van der Waals surface area contributed by atoms with Crippen LogP contribution < -0.4 is 0 Å². The molecule has 0 radical (unpaired) electrons. The Labute approximate surface area is 257 Å². The van der Waals surface area contributed by atoms with E-state index < -0.39 is 41.6 Å². The molecule has 8 heteroatoms. The molecule has 1 fully saturated rings. The highest BCUT2D eigenvalue weighted by atomic mass is 16.4. The predicted molar refractivity (Wildman–Crippen MR) is 167 cm³/mol. The van der Waals surface area contributed by atoms with E-state index in [2.05, 4.69) is 0 Å². The molecule has 1 aliphatic heterocycles. The molecule has 44 heavy (non-hydrogen) atoms. The highest BCUT2D eigenvalue weighted by Crippen LogP contribution is 2.37. The van der Waals surface area contributed by atoms with Gasteiger partial charge in [-0.05, 0) is 36.1 Å². The third kappa shape index (κ3) is 5.81. The van der Waals surface area contributed by atoms with Gasteiger partial charge in [0, 0.05) is 19.6 Å². The molecule has 0 aliphatic carbocycles. The Bertz CT molecular complexity index is 1530. The number of amides is 3. The number of likely N-dealkylation sites (N-methyl/N-ethyl adjacent to an activating group) is 1. The average molecular weight is 592 g/mol. The van der Waals surface area contributed by atoms with Crippen LogP contribution in [0.25, 0.3) is 0 Å². The van der Waals surface area contributed by atoms with E-state index in [-0.39, 0.29) is 19.6 Å². The topological polar surface area (TPSA) is 101 Å². The second kappa shape index (κ2) is 13.1. The van der Waals surface area contributed by atoms with Gasteiger partial charge in [-0.1, -0.05) is 121 Å². The first-order valence-electron chi connectivity index (χ1n) is 14.8. The number of aliphatic hydroxyl groups is 1. The Morgan fingerprint density at radius 3 is 1.50 bits per heavy atom. The van der Waals surface area contributed by atoms with E-state index in [1.807, 2.05) is 121 Å². The molecule has 1 heterocycles. The highest BCUT2D eigenvalue weighted by Gasteiger charge is 2.55. The van der Waals surface area contributed by atoms with Crippen molar-refractivity contribution in [2.24, 2.45) is 0 Å². The van der Waals surface area contributed by atoms with Crippen molar-refractivity contribution in [1.82, 2.24) is 14.7 Å². The lowest BCUT2D eigenvalue weighted by atomic mass is 9.79. The lowest BCUT2D eigenvalue weighted by Gasteiger charge is -2.43. The third-order valence-corrected chi connectivity index (χ3v) is 8.48. The van der Waals surface area contributed by atoms with Gasteiger partial charge in [0.05, 0.1) is 6.04 Å². The number of benzene rings is 4. The molecule has 0 saturated carbocycles. The molecule has 2 N–H and O–H groups in total. The van der Waals surface area contributed by atoms with Crippen LogP contribution in [0.2, 0.25) is 0 Å². The summed E-state index contributed by atoms with van der Waals surface area (Å²) < 4.78 is 0. The fourth-order valence-electron chi connectivity index (χ4n) is 6.22. The zero-order valence-corrected chi connectivity index (χ0v) is 24.9. The summed E-state index contributed by atoms with van der Waals surface area (Å²) in [6, 6.07) is 32.5. The van der Waals surface area contributed by atoms with Crippen LogP contribution in [0, 0.1) is 0 Å². The molecule has 3 amide bonds. The number of carbonyl (C=O) groups excluding carboxylic acids is 2. The van der Waals surface area contributed by atoms with Gasteiger partial charge >= 0.3 is 12.0 Å². The normalized spacial score (nSPS) is 17.4. The molecule has 1 saturated heterocycles. The molecule has 1 aliphatic rings. The maximum Gasteiger partial charge on any atom is 0.329 e. The van der Waals surface area contributed by atoms with E-state index in [9.17, 15) is 24.6 Å². The van der Waals surface area contributed by atoms with Crippen molar-refractivity contribution in [3.05, 3.63) is 144 Å². The SMILES string of the molecule is CCN(C(=O)[C@@H]1[C@H](C(=O)O)N(Cc2ccccc2)C(=O)N1Cc1ccccc1)C(C)C(O)(c1ccccc1)c1ccccc1. The Balaban J connectivity index is 1.58. The molecule has 226 valence electrons. The molecule has 0 aromatic heterocycles. The van der Waals surface area contributed by atoms with Crippen LogP contribution >= 0.6 is 0 Å². The van der Waals surface area contributed by atoms with Crippen molar-refractivity contribution in [3.63, 3.8) is 0 Å². The summed E-state index contributed by atoms with van der Waals surface area (Å²) in [6.07, 6.45) is 0. The van der Waals surface area contributed by atoms with Gasteiger partial charge in [0.15, 0.2) is 6.04 Å². The summed E-state index contributed by atoms with van der Waals surface area (Å²) in [4.78, 5) is 45.8. The van der Waals surface area contributed by atoms with Crippen molar-refractivity contribution in [2.75, 3.05) is 6.54 Å². The number of aliphatic carboxylic acids is 1. The van der Waals surface area contributed by atoms with Crippen molar-refractivity contribution in [1.29, 1.82) is 0 Å². The highest BCUT2D eigenvalue weighted by molar-refractivity contribution is 5.98. The molecule has 4 aromatic rings. The van der Waals surface area contributed by atoms with Crippen LogP contribution in [0.3, 0.4) is 0 Å². The van der Waals surface area contributed by atoms with E-state index in [0.29, 0.717) is 11.1 Å². The first kappa shape index (κ1) is 30.5. The summed E-state index contributed by atoms with van der Waals surface area (Å²) in [5.74, 6) is -1.81. The minimum Gasteiger partial charge on any atom is -0.480 e. The molecule has 1 unspecified atom stereocenters. The fourth-order valence-corrected chi connectivity index (χ4v) is 6.22. The van der Waals surface area contributed by atoms with E-state index >= 15 is 0 Å². The second-order valence-corrected chi connectivity index (χ2v) is 11.0. The summed E-state index contributed by atoms with van der Waals surface area (Å²) in [7, 11) is 0. The summed E-state index contributed by atoms with van der Waals surface area (Å²) in [5.41, 5.74) is 1.08. The number of carbonyl (C=O) groups is 3. The number of carboxylic acid groups (broad SMARTS) is 1. The molecule has 0 spiro atoms. The number of nitrogens with zero attached hydrogens (tertiary/aromatic N) is 3. The largest absolute Gasteiger partial charge is 0.480 e. The molecule has 5 rings (SSSR count). The van der Waals surface area contributed by atoms with E-state index in [0.717, 1.165) is 11.1 Å². The number of rotatable bonds is 11. The average Bonchev–Trinajstić information content (AvgIpc) is 3.33. The van der Waals surface area contributed by atoms with Gasteiger partial charge < -0.3 is 24.9 Å². The Kier molecular flexibility index (Phi) is 9.11. The van der Waals surface area contributed by atoms with Gasteiger partial charge in [0.1, 0.15) is 11.6 Å². The summed E-state index contributed by atoms with van der Waals surface area (Å²) in [5, 5.41) is 23.0. The monoisotopic (exact) mass is 591 g/mol. The maximum absolute atomic E-state index is 14.7. The van der Waals surface area contributed by atoms with Crippen molar-refractivity contribution >= 4 is 17.9 Å². The molecule has 0 bridgehead atoms. The van der Waals surface area contributed by atoms with Gasteiger partial charge in [0.2, 0.25) is 5.91 Å². The zero-order chi connectivity index (χ0) is 31.3. The third-order valence-electron chi connectivity index (χ3n) is 8.48. The number of hydrogen-bond donors (Lipinski definition) is 2. The van der Waals surface area contributed by atoms with E-state index in [1.54, 1.807) is 13.8 Å². The molecule has 3 atom stereocenters. The maximum atomic E-state index is 14.7. The van der Waals surface area contributed by atoms with Crippen molar-refractivity contribution in [2.45, 2.75) is 50.7 Å². The minimum absolute atomic E-state index is 0.0331. The Morgan fingerprint density at radius 2 is 1.11 bits per heavy atom. The van der Waals surface area contributed by atoms with Crippen LogP contribution in [0.1, 0.15) is 36.1 Å². The lowest BCUT2D eigenvalue weighted by molar-refractivity contribution is -0.151. The minimum atomic E-state index is -1.62. The second-order valence-electron chi connectivity index (χ2n) is 11.0. The van der Waals surface area contributed by atoms with Gasteiger partial charge in [-0.3, -0.25) is 4.79 Å². The van der Waals surface area contributed by atoms with E-state index in [1.165, 1.54) is 14.7 Å². The smallest absolute Gasteiger partial charge is 0.329 e. The number of hydrogen-bond acceptors (Lipinski definition) is 4. The first-order valence-corrected chi connectivity index (χ1v) is 14.8. The number of carboxylic acids is 1. The van der Waals surface area contributed by atoms with Crippen LogP contribution in [-0.2, 0) is 28.3 Å². The number of urea groups is 1. The Hall–Kier alpha value is -4.95. The predicted octanol–water partition coefficient (Wildman–Crippen LogP) is 5.12. The van der Waals surface area contributed by atoms with Crippen LogP contribution in [0.15, 0.2) is 121 Å². The fraction of sp³-hybridized carbons (Fsp3) is 0.250. The molecule has 4 aromatic carbocycles. The lowest BCUT2D eigenvalue weighted by Crippen LogP contribution is -2.59. The van der Waals surface area contributed by atoms with Crippen LogP contribution in [0.5, 0.6) is 0 Å². The van der Waals surface area contributed by atoms with Crippen molar-refractivity contribution < 1.29 is 24.6 Å².